The van der Waals surface area contributed by atoms with Gasteiger partial charge in [0, 0.05) is 13.0 Å². The Morgan fingerprint density at radius 3 is 2.40 bits per heavy atom. The molecule has 0 spiro atoms. The Morgan fingerprint density at radius 2 is 1.84 bits per heavy atom. The minimum Gasteiger partial charge on any atom is -0.331 e. The molecule has 0 bridgehead atoms. The number of carbonyl (C=O) groups excluding carboxylic acids is 1. The Balaban J connectivity index is 2.13. The van der Waals surface area contributed by atoms with Crippen LogP contribution in [0.15, 0.2) is 36.4 Å². The van der Waals surface area contributed by atoms with Crippen LogP contribution < -0.4 is 0 Å². The fraction of sp³-hybridized carbons (Fsp3) is 0.263. The summed E-state index contributed by atoms with van der Waals surface area (Å²) < 4.78 is 27.2. The third-order valence-electron chi connectivity index (χ3n) is 4.35. The van der Waals surface area contributed by atoms with E-state index in [0.717, 1.165) is 0 Å². The molecule has 0 radical (unpaired) electrons. The molecule has 0 saturated carbocycles. The van der Waals surface area contributed by atoms with Gasteiger partial charge in [-0.15, -0.1) is 0 Å². The number of likely N-dealkylation sites (tertiary alicyclic amines) is 1. The molecule has 0 N–H and O–H groups in total. The van der Waals surface area contributed by atoms with E-state index in [1.807, 2.05) is 13.0 Å². The van der Waals surface area contributed by atoms with E-state index in [0.29, 0.717) is 24.1 Å². The Labute approximate surface area is 149 Å². The topological polar surface area (TPSA) is 44.1 Å². The first-order valence-corrected chi connectivity index (χ1v) is 8.22. The molecule has 6 heteroatoms. The van der Waals surface area contributed by atoms with Crippen molar-refractivity contribution in [1.29, 1.82) is 5.26 Å². The van der Waals surface area contributed by atoms with Crippen molar-refractivity contribution < 1.29 is 13.6 Å². The lowest BCUT2D eigenvalue weighted by atomic mass is 9.95. The van der Waals surface area contributed by atoms with E-state index in [1.165, 1.54) is 30.3 Å². The van der Waals surface area contributed by atoms with E-state index >= 15 is 0 Å². The van der Waals surface area contributed by atoms with Gasteiger partial charge in [0.15, 0.2) is 0 Å². The first-order valence-electron chi connectivity index (χ1n) is 7.84. The van der Waals surface area contributed by atoms with Crippen LogP contribution in [-0.2, 0) is 4.79 Å². The van der Waals surface area contributed by atoms with Gasteiger partial charge in [-0.3, -0.25) is 4.79 Å². The zero-order chi connectivity index (χ0) is 18.1. The van der Waals surface area contributed by atoms with Crippen molar-refractivity contribution in [3.63, 3.8) is 0 Å². The van der Waals surface area contributed by atoms with E-state index in [1.54, 1.807) is 11.0 Å². The highest BCUT2D eigenvalue weighted by molar-refractivity contribution is 6.30. The van der Waals surface area contributed by atoms with E-state index in [-0.39, 0.29) is 22.4 Å². The van der Waals surface area contributed by atoms with Gasteiger partial charge < -0.3 is 4.90 Å². The Bertz CT molecular complexity index is 878. The number of halogens is 3. The molecule has 1 amide bonds. The van der Waals surface area contributed by atoms with E-state index in [2.05, 4.69) is 0 Å². The number of rotatable bonds is 3. The Kier molecular flexibility index (Phi) is 4.73. The minimum atomic E-state index is -0.622. The molecule has 1 saturated heterocycles. The lowest BCUT2D eigenvalue weighted by Crippen LogP contribution is -2.31. The summed E-state index contributed by atoms with van der Waals surface area (Å²) in [5.74, 6) is -1.03. The molecule has 128 valence electrons. The molecule has 2 aromatic carbocycles. The van der Waals surface area contributed by atoms with E-state index < -0.39 is 17.7 Å². The third kappa shape index (κ3) is 3.35. The largest absolute Gasteiger partial charge is 0.331 e. The maximum absolute atomic E-state index is 13.7. The molecule has 1 aliphatic rings. The molecular weight excluding hydrogens is 346 g/mol. The van der Waals surface area contributed by atoms with Crippen LogP contribution in [0.3, 0.4) is 0 Å². The normalized spacial score (nSPS) is 18.3. The van der Waals surface area contributed by atoms with Gasteiger partial charge in [-0.2, -0.15) is 5.26 Å². The Hall–Kier alpha value is -2.45. The highest BCUT2D eigenvalue weighted by Crippen LogP contribution is 2.35. The third-order valence-corrected chi connectivity index (χ3v) is 4.64. The van der Waals surface area contributed by atoms with Crippen molar-refractivity contribution in [2.45, 2.75) is 19.4 Å². The van der Waals surface area contributed by atoms with Crippen LogP contribution >= 0.6 is 11.6 Å². The highest BCUT2D eigenvalue weighted by atomic mass is 35.5. The van der Waals surface area contributed by atoms with Crippen LogP contribution in [0, 0.1) is 28.9 Å². The van der Waals surface area contributed by atoms with E-state index in [9.17, 15) is 13.6 Å². The van der Waals surface area contributed by atoms with Crippen molar-refractivity contribution in [2.24, 2.45) is 5.92 Å². The second kappa shape index (κ2) is 6.81. The highest BCUT2D eigenvalue weighted by Gasteiger charge is 2.34. The number of amides is 1. The molecule has 1 fully saturated rings. The van der Waals surface area contributed by atoms with Crippen molar-refractivity contribution in [2.75, 3.05) is 6.54 Å². The summed E-state index contributed by atoms with van der Waals surface area (Å²) in [7, 11) is 0. The van der Waals surface area contributed by atoms with Gasteiger partial charge in [-0.05, 0) is 41.3 Å². The molecule has 2 atom stereocenters. The molecule has 3 rings (SSSR count). The van der Waals surface area contributed by atoms with Crippen LogP contribution in [0.1, 0.15) is 36.1 Å². The first kappa shape index (κ1) is 17.4. The lowest BCUT2D eigenvalue weighted by molar-refractivity contribution is -0.129. The zero-order valence-corrected chi connectivity index (χ0v) is 14.2. The van der Waals surface area contributed by atoms with Gasteiger partial charge in [0.1, 0.15) is 17.7 Å². The average molecular weight is 361 g/mol. The van der Waals surface area contributed by atoms with Gasteiger partial charge in [-0.25, -0.2) is 8.78 Å². The van der Waals surface area contributed by atoms with Gasteiger partial charge in [-0.1, -0.05) is 30.7 Å². The molecular formula is C19H15ClF2N2O. The zero-order valence-electron chi connectivity index (χ0n) is 13.5. The van der Waals surface area contributed by atoms with Crippen LogP contribution in [0.5, 0.6) is 0 Å². The van der Waals surface area contributed by atoms with Crippen molar-refractivity contribution in [1.82, 2.24) is 4.90 Å². The van der Waals surface area contributed by atoms with Gasteiger partial charge in [0.2, 0.25) is 5.91 Å². The fourth-order valence-corrected chi connectivity index (χ4v) is 3.39. The maximum atomic E-state index is 13.7. The number of benzene rings is 2. The molecule has 1 aliphatic heterocycles. The summed E-state index contributed by atoms with van der Waals surface area (Å²) in [5.41, 5.74) is 1.10. The molecule has 25 heavy (non-hydrogen) atoms. The molecule has 3 nitrogen and oxygen atoms in total. The quantitative estimate of drug-likeness (QED) is 0.811. The number of hydrogen-bond acceptors (Lipinski definition) is 2. The maximum Gasteiger partial charge on any atom is 0.223 e. The number of hydrogen-bond donors (Lipinski definition) is 0. The van der Waals surface area contributed by atoms with Crippen LogP contribution in [0.2, 0.25) is 5.02 Å². The number of nitrogens with zero attached hydrogens (tertiary/aromatic N) is 2. The SMILES string of the molecule is C[C@H]1CC(=O)N(C(c2ccc(F)c(Cl)c2)c2ccc(F)c(C#N)c2)C1. The van der Waals surface area contributed by atoms with Crippen molar-refractivity contribution in [3.05, 3.63) is 69.7 Å². The summed E-state index contributed by atoms with van der Waals surface area (Å²) in [6.07, 6.45) is 0.414. The smallest absolute Gasteiger partial charge is 0.223 e. The fourth-order valence-electron chi connectivity index (χ4n) is 3.20. The summed E-state index contributed by atoms with van der Waals surface area (Å²) in [6, 6.07) is 9.68. The molecule has 1 unspecified atom stereocenters. The second-order valence-corrected chi connectivity index (χ2v) is 6.69. The van der Waals surface area contributed by atoms with Gasteiger partial charge in [0.05, 0.1) is 16.6 Å². The molecule has 0 aliphatic carbocycles. The van der Waals surface area contributed by atoms with Crippen LogP contribution in [-0.4, -0.2) is 17.4 Å². The standard InChI is InChI=1S/C19H15ClF2N2O/c1-11-6-18(25)24(10-11)19(13-3-5-17(22)15(20)8-13)12-2-4-16(21)14(7-12)9-23/h2-5,7-8,11,19H,6,10H2,1H3/t11-,19?/m0/s1. The number of carbonyl (C=O) groups is 1. The molecule has 0 aromatic heterocycles. The predicted molar refractivity (Wildman–Crippen MR) is 89.9 cm³/mol. The average Bonchev–Trinajstić information content (AvgIpc) is 2.90. The summed E-state index contributed by atoms with van der Waals surface area (Å²) in [5, 5.41) is 9.04. The summed E-state index contributed by atoms with van der Waals surface area (Å²) in [4.78, 5) is 14.1. The van der Waals surface area contributed by atoms with Gasteiger partial charge in [0.25, 0.3) is 0 Å². The molecule has 2 aromatic rings. The molecule has 1 heterocycles. The van der Waals surface area contributed by atoms with Crippen LogP contribution in [0.4, 0.5) is 8.78 Å². The summed E-state index contributed by atoms with van der Waals surface area (Å²) >= 11 is 5.91. The predicted octanol–water partition coefficient (Wildman–Crippen LogP) is 4.45. The van der Waals surface area contributed by atoms with Gasteiger partial charge >= 0.3 is 0 Å². The van der Waals surface area contributed by atoms with Crippen molar-refractivity contribution in [3.8, 4) is 6.07 Å². The van der Waals surface area contributed by atoms with Crippen LogP contribution in [0.25, 0.3) is 0 Å². The Morgan fingerprint density at radius 1 is 1.20 bits per heavy atom. The van der Waals surface area contributed by atoms with Crippen molar-refractivity contribution >= 4 is 17.5 Å². The lowest BCUT2D eigenvalue weighted by Gasteiger charge is -2.29. The first-order chi connectivity index (χ1) is 11.9. The number of nitriles is 1. The minimum absolute atomic E-state index is 0.0409. The van der Waals surface area contributed by atoms with E-state index in [4.69, 9.17) is 16.9 Å². The second-order valence-electron chi connectivity index (χ2n) is 6.28. The summed E-state index contributed by atoms with van der Waals surface area (Å²) in [6.45, 7) is 2.50. The monoisotopic (exact) mass is 360 g/mol.